The molecule has 3 rings (SSSR count). The summed E-state index contributed by atoms with van der Waals surface area (Å²) in [6, 6.07) is 16.8. The summed E-state index contributed by atoms with van der Waals surface area (Å²) in [7, 11) is -2.63. The number of aryl methyl sites for hydroxylation is 1. The van der Waals surface area contributed by atoms with Crippen LogP contribution in [0.3, 0.4) is 0 Å². The van der Waals surface area contributed by atoms with E-state index in [0.29, 0.717) is 5.75 Å². The van der Waals surface area contributed by atoms with Gasteiger partial charge in [-0.2, -0.15) is 0 Å². The molecule has 0 aliphatic carbocycles. The van der Waals surface area contributed by atoms with Crippen LogP contribution in [-0.2, 0) is 19.6 Å². The lowest BCUT2D eigenvalue weighted by Gasteiger charge is -2.19. The Labute approximate surface area is 204 Å². The van der Waals surface area contributed by atoms with E-state index in [0.717, 1.165) is 17.2 Å². The Hall–Kier alpha value is -4.05. The summed E-state index contributed by atoms with van der Waals surface area (Å²) in [5, 5.41) is 15.5. The molecular formula is C25H27N3O6S. The Balaban J connectivity index is 1.80. The number of rotatable bonds is 9. The highest BCUT2D eigenvalue weighted by Crippen LogP contribution is 2.30. The summed E-state index contributed by atoms with van der Waals surface area (Å²) in [6.45, 7) is 3.28. The highest BCUT2D eigenvalue weighted by atomic mass is 32.2. The summed E-state index contributed by atoms with van der Waals surface area (Å²) in [5.74, 6) is -0.793. The van der Waals surface area contributed by atoms with Gasteiger partial charge in [-0.25, -0.2) is 8.42 Å². The summed E-state index contributed by atoms with van der Waals surface area (Å²) in [6.07, 6.45) is -0.126. The van der Waals surface area contributed by atoms with Crippen LogP contribution in [0.4, 0.5) is 11.4 Å². The number of aromatic hydroxyl groups is 1. The van der Waals surface area contributed by atoms with Gasteiger partial charge in [-0.05, 0) is 42.8 Å². The van der Waals surface area contributed by atoms with Gasteiger partial charge in [-0.1, -0.05) is 42.0 Å². The normalized spacial score (nSPS) is 11.9. The molecule has 0 spiro atoms. The molecule has 0 fully saturated rings. The molecule has 1 atom stereocenters. The molecule has 2 amide bonds. The number of hydrogen-bond acceptors (Lipinski definition) is 6. The third kappa shape index (κ3) is 6.73. The number of phenols is 1. The van der Waals surface area contributed by atoms with Gasteiger partial charge in [0.05, 0.1) is 35.8 Å². The van der Waals surface area contributed by atoms with Crippen molar-refractivity contribution in [3.05, 3.63) is 77.9 Å². The molecule has 9 nitrogen and oxygen atoms in total. The van der Waals surface area contributed by atoms with E-state index in [-0.39, 0.29) is 34.3 Å². The Bertz CT molecular complexity index is 1320. The van der Waals surface area contributed by atoms with Crippen molar-refractivity contribution in [2.75, 3.05) is 17.1 Å². The molecule has 0 aliphatic rings. The van der Waals surface area contributed by atoms with E-state index in [1.54, 1.807) is 24.3 Å². The molecular weight excluding hydrogens is 470 g/mol. The maximum absolute atomic E-state index is 12.9. The third-order valence-electron chi connectivity index (χ3n) is 5.15. The second-order valence-electron chi connectivity index (χ2n) is 7.90. The van der Waals surface area contributed by atoms with Crippen LogP contribution in [0.15, 0.2) is 71.6 Å². The van der Waals surface area contributed by atoms with Crippen molar-refractivity contribution in [2.45, 2.75) is 31.2 Å². The van der Waals surface area contributed by atoms with Gasteiger partial charge < -0.3 is 20.5 Å². The van der Waals surface area contributed by atoms with Gasteiger partial charge >= 0.3 is 0 Å². The molecule has 0 heterocycles. The zero-order chi connectivity index (χ0) is 25.6. The van der Waals surface area contributed by atoms with Crippen LogP contribution in [0.1, 0.15) is 30.5 Å². The largest absolute Gasteiger partial charge is 0.506 e. The van der Waals surface area contributed by atoms with Crippen LogP contribution < -0.4 is 20.1 Å². The maximum atomic E-state index is 12.9. The number of phenolic OH excluding ortho intramolecular Hbond substituents is 1. The first-order valence-electron chi connectivity index (χ1n) is 10.7. The van der Waals surface area contributed by atoms with Gasteiger partial charge in [-0.15, -0.1) is 0 Å². The summed E-state index contributed by atoms with van der Waals surface area (Å²) in [4.78, 5) is 24.3. The van der Waals surface area contributed by atoms with Crippen LogP contribution in [-0.4, -0.2) is 32.4 Å². The predicted molar refractivity (Wildman–Crippen MR) is 133 cm³/mol. The Morgan fingerprint density at radius 2 is 1.69 bits per heavy atom. The van der Waals surface area contributed by atoms with Crippen LogP contribution in [0, 0.1) is 6.92 Å². The fraction of sp³-hybridized carbons (Fsp3) is 0.200. The molecule has 0 aliphatic heterocycles. The lowest BCUT2D eigenvalue weighted by molar-refractivity contribution is -0.120. The average Bonchev–Trinajstić information content (AvgIpc) is 2.80. The van der Waals surface area contributed by atoms with E-state index in [4.69, 9.17) is 4.74 Å². The van der Waals surface area contributed by atoms with Crippen molar-refractivity contribution < 1.29 is 27.9 Å². The van der Waals surface area contributed by atoms with Gasteiger partial charge in [0.2, 0.25) is 11.8 Å². The SMILES string of the molecule is COc1ccccc1NS(=O)(=O)c1ccc(O)c(NC(=O)CC(NC(C)=O)c2ccc(C)cc2)c1. The Morgan fingerprint density at radius 3 is 2.34 bits per heavy atom. The second-order valence-corrected chi connectivity index (χ2v) is 9.58. The number of ether oxygens (including phenoxy) is 1. The van der Waals surface area contributed by atoms with Crippen molar-refractivity contribution >= 4 is 33.2 Å². The number of hydrogen-bond donors (Lipinski definition) is 4. The quantitative estimate of drug-likeness (QED) is 0.333. The highest BCUT2D eigenvalue weighted by Gasteiger charge is 2.21. The number of methoxy groups -OCH3 is 1. The van der Waals surface area contributed by atoms with Crippen molar-refractivity contribution in [3.63, 3.8) is 0 Å². The first kappa shape index (κ1) is 25.6. The number of amides is 2. The van der Waals surface area contributed by atoms with Gasteiger partial charge in [0.25, 0.3) is 10.0 Å². The molecule has 184 valence electrons. The number of nitrogens with one attached hydrogen (secondary N) is 3. The lowest BCUT2D eigenvalue weighted by Crippen LogP contribution is -2.29. The zero-order valence-electron chi connectivity index (χ0n) is 19.5. The number of carbonyl (C=O) groups is 2. The van der Waals surface area contributed by atoms with Crippen LogP contribution >= 0.6 is 0 Å². The van der Waals surface area contributed by atoms with Crippen LogP contribution in [0.5, 0.6) is 11.5 Å². The molecule has 1 unspecified atom stereocenters. The van der Waals surface area contributed by atoms with Crippen LogP contribution in [0.25, 0.3) is 0 Å². The smallest absolute Gasteiger partial charge is 0.262 e. The highest BCUT2D eigenvalue weighted by molar-refractivity contribution is 7.92. The van der Waals surface area contributed by atoms with E-state index in [9.17, 15) is 23.1 Å². The lowest BCUT2D eigenvalue weighted by atomic mass is 10.0. The minimum absolute atomic E-state index is 0.0802. The minimum Gasteiger partial charge on any atom is -0.506 e. The van der Waals surface area contributed by atoms with Crippen molar-refractivity contribution in [3.8, 4) is 11.5 Å². The van der Waals surface area contributed by atoms with E-state index in [1.807, 2.05) is 31.2 Å². The van der Waals surface area contributed by atoms with E-state index in [2.05, 4.69) is 15.4 Å². The van der Waals surface area contributed by atoms with Gasteiger partial charge in [0, 0.05) is 6.92 Å². The Morgan fingerprint density at radius 1 is 1.00 bits per heavy atom. The predicted octanol–water partition coefficient (Wildman–Crippen LogP) is 3.72. The molecule has 4 N–H and O–H groups in total. The summed E-state index contributed by atoms with van der Waals surface area (Å²) >= 11 is 0. The molecule has 0 saturated carbocycles. The number of carbonyl (C=O) groups excluding carboxylic acids is 2. The molecule has 0 bridgehead atoms. The maximum Gasteiger partial charge on any atom is 0.262 e. The number of sulfonamides is 1. The molecule has 3 aromatic rings. The number of anilines is 2. The topological polar surface area (TPSA) is 134 Å². The monoisotopic (exact) mass is 497 g/mol. The standard InChI is InChI=1S/C25H27N3O6S/c1-16-8-10-18(11-9-16)21(26-17(2)29)15-25(31)27-22-14-19(12-13-23(22)30)35(32,33)28-20-6-4-5-7-24(20)34-3/h4-14,21,28,30H,15H2,1-3H3,(H,26,29)(H,27,31). The number of benzene rings is 3. The fourth-order valence-electron chi connectivity index (χ4n) is 3.40. The van der Waals surface area contributed by atoms with Crippen molar-refractivity contribution in [1.29, 1.82) is 0 Å². The van der Waals surface area contributed by atoms with Crippen molar-refractivity contribution in [2.24, 2.45) is 0 Å². The average molecular weight is 498 g/mol. The summed E-state index contributed by atoms with van der Waals surface area (Å²) < 4.78 is 33.5. The Kier molecular flexibility index (Phi) is 7.98. The fourth-order valence-corrected chi connectivity index (χ4v) is 4.49. The number of para-hydroxylation sites is 2. The molecule has 10 heteroatoms. The van der Waals surface area contributed by atoms with Crippen LogP contribution in [0.2, 0.25) is 0 Å². The van der Waals surface area contributed by atoms with E-state index < -0.39 is 22.0 Å². The first-order chi connectivity index (χ1) is 16.6. The zero-order valence-corrected chi connectivity index (χ0v) is 20.3. The van der Waals surface area contributed by atoms with Gasteiger partial charge in [-0.3, -0.25) is 14.3 Å². The molecule has 0 saturated heterocycles. The second kappa shape index (κ2) is 10.9. The minimum atomic E-state index is -4.06. The summed E-state index contributed by atoms with van der Waals surface area (Å²) in [5.41, 5.74) is 1.93. The first-order valence-corrected chi connectivity index (χ1v) is 12.2. The van der Waals surface area contributed by atoms with Crippen molar-refractivity contribution in [1.82, 2.24) is 5.32 Å². The molecule has 0 radical (unpaired) electrons. The van der Waals surface area contributed by atoms with E-state index >= 15 is 0 Å². The van der Waals surface area contributed by atoms with E-state index in [1.165, 1.54) is 26.2 Å². The third-order valence-corrected chi connectivity index (χ3v) is 6.51. The van der Waals surface area contributed by atoms with Gasteiger partial charge in [0.15, 0.2) is 0 Å². The molecule has 0 aromatic heterocycles. The van der Waals surface area contributed by atoms with Gasteiger partial charge in [0.1, 0.15) is 11.5 Å². The molecule has 35 heavy (non-hydrogen) atoms. The molecule has 3 aromatic carbocycles.